The van der Waals surface area contributed by atoms with Crippen LogP contribution in [0.15, 0.2) is 24.3 Å². The van der Waals surface area contributed by atoms with Crippen LogP contribution in [0.3, 0.4) is 0 Å². The molecule has 25 heavy (non-hydrogen) atoms. The van der Waals surface area contributed by atoms with Gasteiger partial charge in [0.25, 0.3) is 0 Å². The molecule has 1 heterocycles. The van der Waals surface area contributed by atoms with E-state index in [2.05, 4.69) is 0 Å². The number of hydrogen-bond acceptors (Lipinski definition) is 4. The molecule has 1 atom stereocenters. The van der Waals surface area contributed by atoms with Crippen LogP contribution in [0.1, 0.15) is 5.56 Å². The lowest BCUT2D eigenvalue weighted by molar-refractivity contribution is -0.138. The molecule has 1 aliphatic rings. The summed E-state index contributed by atoms with van der Waals surface area (Å²) in [6, 6.07) is 4.61. The number of carboxylic acid groups (broad SMARTS) is 1. The van der Waals surface area contributed by atoms with Crippen molar-refractivity contribution in [1.82, 2.24) is 0 Å². The first kappa shape index (κ1) is 17.8. The Kier molecular flexibility index (Phi) is 5.03. The Bertz CT molecular complexity index is 821. The predicted octanol–water partition coefficient (Wildman–Crippen LogP) is 3.53. The summed E-state index contributed by atoms with van der Waals surface area (Å²) in [5, 5.41) is 9.28. The summed E-state index contributed by atoms with van der Waals surface area (Å²) in [5.74, 6) is -0.873. The number of fused-ring (bicyclic) bond motifs is 1. The third-order valence-electron chi connectivity index (χ3n) is 3.80. The lowest BCUT2D eigenvalue weighted by Crippen LogP contribution is -2.32. The molecule has 5 nitrogen and oxygen atoms in total. The Hall–Kier alpha value is -2.02. The summed E-state index contributed by atoms with van der Waals surface area (Å²) in [5.41, 5.74) is 7.17. The summed E-state index contributed by atoms with van der Waals surface area (Å²) in [6.07, 6.45) is 0.0756. The first-order valence-electron chi connectivity index (χ1n) is 7.43. The number of ether oxygens (including phenoxy) is 2. The molecule has 0 saturated carbocycles. The molecule has 0 spiro atoms. The predicted molar refractivity (Wildman–Crippen MR) is 92.2 cm³/mol. The topological polar surface area (TPSA) is 81.8 Å². The fourth-order valence-corrected chi connectivity index (χ4v) is 3.34. The van der Waals surface area contributed by atoms with Gasteiger partial charge in [-0.2, -0.15) is 0 Å². The van der Waals surface area contributed by atoms with E-state index in [1.165, 1.54) is 0 Å². The van der Waals surface area contributed by atoms with E-state index < -0.39 is 17.8 Å². The van der Waals surface area contributed by atoms with Crippen molar-refractivity contribution < 1.29 is 23.8 Å². The van der Waals surface area contributed by atoms with Crippen molar-refractivity contribution >= 4 is 29.2 Å². The van der Waals surface area contributed by atoms with Gasteiger partial charge in [-0.1, -0.05) is 29.3 Å². The standard InChI is InChI=1S/C17H14Cl2FNO4/c18-11-6-9(20)7-12(19)14(11)10-2-1-8(5-13(21)17(22)23)15-16(10)25-4-3-24-15/h1-2,6-7,13H,3-5,21H2,(H,22,23). The van der Waals surface area contributed by atoms with Crippen molar-refractivity contribution in [3.8, 4) is 22.6 Å². The van der Waals surface area contributed by atoms with Crippen LogP contribution in [-0.2, 0) is 11.2 Å². The van der Waals surface area contributed by atoms with Gasteiger partial charge in [-0.15, -0.1) is 0 Å². The summed E-state index contributed by atoms with van der Waals surface area (Å²) in [7, 11) is 0. The molecule has 3 N–H and O–H groups in total. The van der Waals surface area contributed by atoms with Crippen LogP contribution in [-0.4, -0.2) is 30.3 Å². The molecule has 2 aromatic rings. The lowest BCUT2D eigenvalue weighted by Gasteiger charge is -2.25. The van der Waals surface area contributed by atoms with Crippen molar-refractivity contribution in [1.29, 1.82) is 0 Å². The minimum atomic E-state index is -1.11. The molecule has 1 aliphatic heterocycles. The Balaban J connectivity index is 2.13. The van der Waals surface area contributed by atoms with Gasteiger partial charge < -0.3 is 20.3 Å². The van der Waals surface area contributed by atoms with Crippen molar-refractivity contribution in [2.24, 2.45) is 5.73 Å². The highest BCUT2D eigenvalue weighted by Gasteiger charge is 2.25. The zero-order chi connectivity index (χ0) is 18.1. The fourth-order valence-electron chi connectivity index (χ4n) is 2.67. The average molecular weight is 386 g/mol. The molecular weight excluding hydrogens is 372 g/mol. The van der Waals surface area contributed by atoms with Crippen LogP contribution >= 0.6 is 23.2 Å². The van der Waals surface area contributed by atoms with Crippen LogP contribution in [0.25, 0.3) is 11.1 Å². The highest BCUT2D eigenvalue weighted by atomic mass is 35.5. The molecule has 0 amide bonds. The quantitative estimate of drug-likeness (QED) is 0.840. The minimum absolute atomic E-state index is 0.0756. The van der Waals surface area contributed by atoms with Gasteiger partial charge >= 0.3 is 5.97 Å². The van der Waals surface area contributed by atoms with Gasteiger partial charge in [0.15, 0.2) is 11.5 Å². The summed E-state index contributed by atoms with van der Waals surface area (Å²) >= 11 is 12.3. The zero-order valence-corrected chi connectivity index (χ0v) is 14.4. The van der Waals surface area contributed by atoms with Gasteiger partial charge in [-0.3, -0.25) is 4.79 Å². The second-order valence-corrected chi connectivity index (χ2v) is 6.34. The van der Waals surface area contributed by atoms with Crippen LogP contribution in [0.5, 0.6) is 11.5 Å². The van der Waals surface area contributed by atoms with Crippen LogP contribution < -0.4 is 15.2 Å². The van der Waals surface area contributed by atoms with Crippen molar-refractivity contribution in [3.05, 3.63) is 45.7 Å². The Morgan fingerprint density at radius 2 is 1.80 bits per heavy atom. The molecule has 8 heteroatoms. The van der Waals surface area contributed by atoms with Crippen LogP contribution in [0.2, 0.25) is 10.0 Å². The van der Waals surface area contributed by atoms with E-state index in [4.69, 9.17) is 43.5 Å². The normalized spacial score (nSPS) is 14.2. The molecule has 0 aliphatic carbocycles. The minimum Gasteiger partial charge on any atom is -0.486 e. The number of aliphatic carboxylic acids is 1. The highest BCUT2D eigenvalue weighted by molar-refractivity contribution is 6.39. The van der Waals surface area contributed by atoms with Gasteiger partial charge in [0.1, 0.15) is 25.1 Å². The summed E-state index contributed by atoms with van der Waals surface area (Å²) < 4.78 is 24.8. The number of carboxylic acids is 1. The molecule has 3 rings (SSSR count). The molecule has 0 radical (unpaired) electrons. The third kappa shape index (κ3) is 3.51. The number of nitrogens with two attached hydrogens (primary N) is 1. The number of benzene rings is 2. The molecular formula is C17H14Cl2FNO4. The monoisotopic (exact) mass is 385 g/mol. The van der Waals surface area contributed by atoms with E-state index in [-0.39, 0.29) is 16.5 Å². The summed E-state index contributed by atoms with van der Waals surface area (Å²) in [6.45, 7) is 0.627. The lowest BCUT2D eigenvalue weighted by atomic mass is 9.97. The smallest absolute Gasteiger partial charge is 0.320 e. The molecule has 0 fully saturated rings. The maximum Gasteiger partial charge on any atom is 0.320 e. The highest BCUT2D eigenvalue weighted by Crippen LogP contribution is 2.47. The second kappa shape index (κ2) is 7.07. The average Bonchev–Trinajstić information content (AvgIpc) is 2.55. The number of carbonyl (C=O) groups is 1. The van der Waals surface area contributed by atoms with Crippen molar-refractivity contribution in [2.75, 3.05) is 13.2 Å². The zero-order valence-electron chi connectivity index (χ0n) is 12.9. The van der Waals surface area contributed by atoms with E-state index in [1.807, 2.05) is 0 Å². The molecule has 132 valence electrons. The summed E-state index contributed by atoms with van der Waals surface area (Å²) in [4.78, 5) is 11.0. The number of hydrogen-bond donors (Lipinski definition) is 2. The van der Waals surface area contributed by atoms with E-state index in [0.717, 1.165) is 12.1 Å². The first-order chi connectivity index (χ1) is 11.9. The van der Waals surface area contributed by atoms with E-state index >= 15 is 0 Å². The Morgan fingerprint density at radius 1 is 1.20 bits per heavy atom. The van der Waals surface area contributed by atoms with Gasteiger partial charge in [-0.25, -0.2) is 4.39 Å². The second-order valence-electron chi connectivity index (χ2n) is 5.52. The van der Waals surface area contributed by atoms with Gasteiger partial charge in [0, 0.05) is 23.1 Å². The molecule has 2 aromatic carbocycles. The molecule has 1 unspecified atom stereocenters. The molecule has 0 saturated heterocycles. The number of halogens is 3. The van der Waals surface area contributed by atoms with E-state index in [9.17, 15) is 9.18 Å². The third-order valence-corrected chi connectivity index (χ3v) is 4.40. The van der Waals surface area contributed by atoms with Crippen molar-refractivity contribution in [3.63, 3.8) is 0 Å². The van der Waals surface area contributed by atoms with Crippen LogP contribution in [0, 0.1) is 5.82 Å². The maximum atomic E-state index is 13.5. The largest absolute Gasteiger partial charge is 0.486 e. The Morgan fingerprint density at radius 3 is 2.40 bits per heavy atom. The fraction of sp³-hybridized carbons (Fsp3) is 0.235. The number of rotatable bonds is 4. The van der Waals surface area contributed by atoms with Gasteiger partial charge in [-0.05, 0) is 18.2 Å². The molecule has 0 bridgehead atoms. The first-order valence-corrected chi connectivity index (χ1v) is 8.19. The van der Waals surface area contributed by atoms with Crippen LogP contribution in [0.4, 0.5) is 4.39 Å². The van der Waals surface area contributed by atoms with Crippen molar-refractivity contribution in [2.45, 2.75) is 12.5 Å². The maximum absolute atomic E-state index is 13.5. The Labute approximate surface area is 153 Å². The van der Waals surface area contributed by atoms with E-state index in [1.54, 1.807) is 12.1 Å². The van der Waals surface area contributed by atoms with E-state index in [0.29, 0.717) is 41.4 Å². The molecule has 0 aromatic heterocycles. The van der Waals surface area contributed by atoms with Gasteiger partial charge in [0.05, 0.1) is 10.0 Å². The van der Waals surface area contributed by atoms with Gasteiger partial charge in [0.2, 0.25) is 0 Å². The SMILES string of the molecule is NC(Cc1ccc(-c2c(Cl)cc(F)cc2Cl)c2c1OCCO2)C(=O)O.